The van der Waals surface area contributed by atoms with Crippen LogP contribution in [0, 0.1) is 12.8 Å². The molecular weight excluding hydrogens is 254 g/mol. The van der Waals surface area contributed by atoms with Crippen LogP contribution in [0.25, 0.3) is 0 Å². The Morgan fingerprint density at radius 2 is 2.20 bits per heavy atom. The lowest BCUT2D eigenvalue weighted by molar-refractivity contribution is 0.188. The van der Waals surface area contributed by atoms with Crippen LogP contribution in [0.4, 0.5) is 0 Å². The van der Waals surface area contributed by atoms with Crippen LogP contribution >= 0.6 is 0 Å². The normalized spacial score (nSPS) is 21.3. The monoisotopic (exact) mass is 273 g/mol. The van der Waals surface area contributed by atoms with Gasteiger partial charge in [0, 0.05) is 30.5 Å². The summed E-state index contributed by atoms with van der Waals surface area (Å²) in [5.41, 5.74) is 1.23. The maximum absolute atomic E-state index is 5.75. The van der Waals surface area contributed by atoms with Crippen molar-refractivity contribution >= 4 is 0 Å². The summed E-state index contributed by atoms with van der Waals surface area (Å²) in [6, 6.07) is 8.52. The molecule has 1 N–H and O–H groups in total. The van der Waals surface area contributed by atoms with Gasteiger partial charge in [0.15, 0.2) is 5.82 Å². The Hall–Kier alpha value is -1.88. The number of para-hydroxylation sites is 1. The Labute approximate surface area is 118 Å². The van der Waals surface area contributed by atoms with Gasteiger partial charge < -0.3 is 14.6 Å². The Balaban J connectivity index is 1.64. The molecule has 2 aromatic rings. The van der Waals surface area contributed by atoms with Crippen molar-refractivity contribution in [3.63, 3.8) is 0 Å². The topological polar surface area (TPSA) is 60.2 Å². The molecule has 2 atom stereocenters. The second-order valence-corrected chi connectivity index (χ2v) is 5.24. The summed E-state index contributed by atoms with van der Waals surface area (Å²) in [7, 11) is 0. The van der Waals surface area contributed by atoms with Crippen molar-refractivity contribution in [2.75, 3.05) is 13.2 Å². The Morgan fingerprint density at radius 1 is 1.35 bits per heavy atom. The fraction of sp³-hybridized carbons (Fsp3) is 0.467. The summed E-state index contributed by atoms with van der Waals surface area (Å²) in [5.74, 6) is 2.79. The van der Waals surface area contributed by atoms with Crippen molar-refractivity contribution in [3.8, 4) is 5.75 Å². The van der Waals surface area contributed by atoms with Gasteiger partial charge in [-0.3, -0.25) is 0 Å². The smallest absolute Gasteiger partial charge is 0.227 e. The second-order valence-electron chi connectivity index (χ2n) is 5.24. The quantitative estimate of drug-likeness (QED) is 0.926. The zero-order valence-electron chi connectivity index (χ0n) is 11.8. The van der Waals surface area contributed by atoms with E-state index in [1.807, 2.05) is 19.1 Å². The zero-order valence-corrected chi connectivity index (χ0v) is 11.8. The summed E-state index contributed by atoms with van der Waals surface area (Å²) in [6.45, 7) is 5.58. The van der Waals surface area contributed by atoms with Gasteiger partial charge in [-0.1, -0.05) is 30.3 Å². The van der Waals surface area contributed by atoms with Crippen molar-refractivity contribution in [2.24, 2.45) is 5.92 Å². The average Bonchev–Trinajstić information content (AvgIpc) is 2.87. The number of hydrogen-bond donors (Lipinski definition) is 1. The van der Waals surface area contributed by atoms with Crippen molar-refractivity contribution in [3.05, 3.63) is 41.5 Å². The molecule has 2 heterocycles. The van der Waals surface area contributed by atoms with Crippen LogP contribution < -0.4 is 10.1 Å². The minimum Gasteiger partial charge on any atom is -0.493 e. The van der Waals surface area contributed by atoms with Crippen LogP contribution in [-0.4, -0.2) is 23.3 Å². The summed E-state index contributed by atoms with van der Waals surface area (Å²) in [6.07, 6.45) is 0.743. The highest BCUT2D eigenvalue weighted by atomic mass is 16.5. The van der Waals surface area contributed by atoms with Crippen LogP contribution in [0.3, 0.4) is 0 Å². The molecular formula is C15H19N3O2. The molecule has 5 heteroatoms. The number of rotatable bonds is 4. The molecule has 2 unspecified atom stereocenters. The molecule has 0 amide bonds. The standard InChI is InChI=1S/C15H19N3O2/c1-10-9-19-13-6-4-3-5-12(13)15(10)16-8-7-14-17-11(2)18-20-14/h3-6,10,15-16H,7-9H2,1-2H3. The molecule has 1 aromatic heterocycles. The van der Waals surface area contributed by atoms with E-state index in [1.165, 1.54) is 5.56 Å². The van der Waals surface area contributed by atoms with E-state index in [9.17, 15) is 0 Å². The lowest BCUT2D eigenvalue weighted by Crippen LogP contribution is -2.35. The van der Waals surface area contributed by atoms with E-state index in [0.717, 1.165) is 25.3 Å². The van der Waals surface area contributed by atoms with Gasteiger partial charge in [0.1, 0.15) is 5.75 Å². The third kappa shape index (κ3) is 2.67. The SMILES string of the molecule is Cc1noc(CCNC2c3ccccc3OCC2C)n1. The minimum absolute atomic E-state index is 0.309. The Morgan fingerprint density at radius 3 is 3.00 bits per heavy atom. The first kappa shape index (κ1) is 13.1. The summed E-state index contributed by atoms with van der Waals surface area (Å²) >= 11 is 0. The van der Waals surface area contributed by atoms with Crippen LogP contribution in [-0.2, 0) is 6.42 Å². The van der Waals surface area contributed by atoms with Gasteiger partial charge in [-0.2, -0.15) is 4.98 Å². The third-order valence-electron chi connectivity index (χ3n) is 3.60. The number of aromatic nitrogens is 2. The van der Waals surface area contributed by atoms with Gasteiger partial charge in [-0.05, 0) is 13.0 Å². The molecule has 3 rings (SSSR count). The van der Waals surface area contributed by atoms with Crippen molar-refractivity contribution in [1.29, 1.82) is 0 Å². The highest BCUT2D eigenvalue weighted by Crippen LogP contribution is 2.34. The molecule has 0 fully saturated rings. The molecule has 1 aliphatic heterocycles. The highest BCUT2D eigenvalue weighted by molar-refractivity contribution is 5.37. The van der Waals surface area contributed by atoms with E-state index in [0.29, 0.717) is 23.7 Å². The highest BCUT2D eigenvalue weighted by Gasteiger charge is 2.27. The maximum Gasteiger partial charge on any atom is 0.227 e. The molecule has 0 aliphatic carbocycles. The van der Waals surface area contributed by atoms with Crippen LogP contribution in [0.15, 0.2) is 28.8 Å². The lowest BCUT2D eigenvalue weighted by Gasteiger charge is -2.32. The molecule has 106 valence electrons. The molecule has 0 bridgehead atoms. The molecule has 0 spiro atoms. The molecule has 0 saturated heterocycles. The number of aryl methyl sites for hydroxylation is 1. The van der Waals surface area contributed by atoms with Crippen molar-refractivity contribution in [1.82, 2.24) is 15.5 Å². The molecule has 1 aromatic carbocycles. The van der Waals surface area contributed by atoms with E-state index >= 15 is 0 Å². The second kappa shape index (κ2) is 5.63. The number of benzene rings is 1. The summed E-state index contributed by atoms with van der Waals surface area (Å²) in [4.78, 5) is 4.21. The number of nitrogens with zero attached hydrogens (tertiary/aromatic N) is 2. The van der Waals surface area contributed by atoms with Crippen molar-refractivity contribution < 1.29 is 9.26 Å². The van der Waals surface area contributed by atoms with Crippen LogP contribution in [0.1, 0.15) is 30.2 Å². The van der Waals surface area contributed by atoms with Crippen LogP contribution in [0.2, 0.25) is 0 Å². The first-order valence-corrected chi connectivity index (χ1v) is 6.98. The van der Waals surface area contributed by atoms with E-state index in [4.69, 9.17) is 9.26 Å². The summed E-state index contributed by atoms with van der Waals surface area (Å²) < 4.78 is 10.9. The third-order valence-corrected chi connectivity index (χ3v) is 3.60. The van der Waals surface area contributed by atoms with Gasteiger partial charge in [0.25, 0.3) is 0 Å². The van der Waals surface area contributed by atoms with Gasteiger partial charge in [0.2, 0.25) is 5.89 Å². The van der Waals surface area contributed by atoms with Gasteiger partial charge in [-0.25, -0.2) is 0 Å². The fourth-order valence-electron chi connectivity index (χ4n) is 2.58. The Kier molecular flexibility index (Phi) is 3.69. The van der Waals surface area contributed by atoms with E-state index in [1.54, 1.807) is 0 Å². The van der Waals surface area contributed by atoms with E-state index in [2.05, 4.69) is 34.5 Å². The maximum atomic E-state index is 5.75. The van der Waals surface area contributed by atoms with Gasteiger partial charge >= 0.3 is 0 Å². The number of nitrogens with one attached hydrogen (secondary N) is 1. The number of hydrogen-bond acceptors (Lipinski definition) is 5. The predicted octanol–water partition coefficient (Wildman–Crippen LogP) is 2.28. The molecule has 0 radical (unpaired) electrons. The molecule has 0 saturated carbocycles. The minimum atomic E-state index is 0.309. The largest absolute Gasteiger partial charge is 0.493 e. The zero-order chi connectivity index (χ0) is 13.9. The average molecular weight is 273 g/mol. The first-order chi connectivity index (χ1) is 9.74. The first-order valence-electron chi connectivity index (χ1n) is 6.98. The Bertz CT molecular complexity index is 582. The van der Waals surface area contributed by atoms with Gasteiger partial charge in [0.05, 0.1) is 6.61 Å². The molecule has 20 heavy (non-hydrogen) atoms. The van der Waals surface area contributed by atoms with Crippen molar-refractivity contribution in [2.45, 2.75) is 26.3 Å². The molecule has 5 nitrogen and oxygen atoms in total. The fourth-order valence-corrected chi connectivity index (χ4v) is 2.58. The summed E-state index contributed by atoms with van der Waals surface area (Å²) in [5, 5.41) is 7.38. The van der Waals surface area contributed by atoms with Gasteiger partial charge in [-0.15, -0.1) is 0 Å². The van der Waals surface area contributed by atoms with Crippen LogP contribution in [0.5, 0.6) is 5.75 Å². The van der Waals surface area contributed by atoms with E-state index < -0.39 is 0 Å². The predicted molar refractivity (Wildman–Crippen MR) is 74.6 cm³/mol. The lowest BCUT2D eigenvalue weighted by atomic mass is 9.92. The number of ether oxygens (including phenoxy) is 1. The molecule has 1 aliphatic rings. The number of fused-ring (bicyclic) bond motifs is 1. The van der Waals surface area contributed by atoms with E-state index in [-0.39, 0.29) is 0 Å².